The molecule has 2 aromatic rings. The molecule has 0 amide bonds. The van der Waals surface area contributed by atoms with Crippen molar-refractivity contribution in [1.82, 2.24) is 16.1 Å². The summed E-state index contributed by atoms with van der Waals surface area (Å²) in [6, 6.07) is 12.5. The molecule has 3 N–H and O–H groups in total. The highest BCUT2D eigenvalue weighted by molar-refractivity contribution is 5.24. The van der Waals surface area contributed by atoms with Gasteiger partial charge < -0.3 is 6.15 Å². The molecule has 0 unspecified atom stereocenters. The van der Waals surface area contributed by atoms with Crippen LogP contribution in [0.2, 0.25) is 0 Å². The van der Waals surface area contributed by atoms with Gasteiger partial charge in [-0.25, -0.2) is 0 Å². The van der Waals surface area contributed by atoms with Gasteiger partial charge in [0.1, 0.15) is 0 Å². The fraction of sp³-hybridized carbons (Fsp3) is 0.375. The van der Waals surface area contributed by atoms with E-state index in [2.05, 4.69) is 67.1 Å². The largest absolute Gasteiger partial charge is 0.344 e. The third kappa shape index (κ3) is 3.61. The molecule has 0 spiro atoms. The Labute approximate surface area is 115 Å². The zero-order valence-electron chi connectivity index (χ0n) is 12.1. The van der Waals surface area contributed by atoms with Crippen LogP contribution in [0.1, 0.15) is 49.5 Å². The van der Waals surface area contributed by atoms with Gasteiger partial charge in [-0.1, -0.05) is 32.9 Å². The Morgan fingerprint density at radius 2 is 1.26 bits per heavy atom. The van der Waals surface area contributed by atoms with Crippen LogP contribution >= 0.6 is 0 Å². The van der Waals surface area contributed by atoms with Crippen molar-refractivity contribution in [2.75, 3.05) is 0 Å². The highest BCUT2D eigenvalue weighted by Gasteiger charge is 2.11. The zero-order chi connectivity index (χ0) is 13.0. The smallest absolute Gasteiger partial charge is 0.0494 e. The van der Waals surface area contributed by atoms with Gasteiger partial charge in [-0.3, -0.25) is 9.97 Å². The van der Waals surface area contributed by atoms with Crippen molar-refractivity contribution in [3.8, 4) is 0 Å². The molecule has 2 aromatic heterocycles. The second-order valence-corrected chi connectivity index (χ2v) is 4.54. The number of aromatic nitrogens is 2. The molecule has 3 heteroatoms. The lowest BCUT2D eigenvalue weighted by Gasteiger charge is -2.12. The molecular formula is C16H23N3. The quantitative estimate of drug-likeness (QED) is 0.903. The Hall–Kier alpha value is -1.74. The Morgan fingerprint density at radius 3 is 1.63 bits per heavy atom. The first-order valence-corrected chi connectivity index (χ1v) is 6.66. The summed E-state index contributed by atoms with van der Waals surface area (Å²) < 4.78 is 0. The Bertz CT molecular complexity index is 475. The van der Waals surface area contributed by atoms with Crippen molar-refractivity contribution in [2.24, 2.45) is 0 Å². The topological polar surface area (TPSA) is 60.8 Å². The molecule has 0 saturated carbocycles. The molecular weight excluding hydrogens is 234 g/mol. The predicted octanol–water partition coefficient (Wildman–Crippen LogP) is 3.92. The van der Waals surface area contributed by atoms with Gasteiger partial charge in [-0.15, -0.1) is 0 Å². The van der Waals surface area contributed by atoms with E-state index in [0.29, 0.717) is 0 Å². The number of aryl methyl sites for hydroxylation is 2. The molecule has 0 aliphatic heterocycles. The summed E-state index contributed by atoms with van der Waals surface area (Å²) in [7, 11) is 0. The van der Waals surface area contributed by atoms with Crippen LogP contribution in [0.4, 0.5) is 0 Å². The van der Waals surface area contributed by atoms with Crippen LogP contribution in [-0.4, -0.2) is 9.97 Å². The molecule has 19 heavy (non-hydrogen) atoms. The third-order valence-electron chi connectivity index (χ3n) is 3.27. The van der Waals surface area contributed by atoms with E-state index >= 15 is 0 Å². The highest BCUT2D eigenvalue weighted by Crippen LogP contribution is 2.21. The molecule has 0 radical (unpaired) electrons. The molecule has 2 rings (SSSR count). The van der Waals surface area contributed by atoms with Crippen molar-refractivity contribution in [3.63, 3.8) is 0 Å². The summed E-state index contributed by atoms with van der Waals surface area (Å²) in [4.78, 5) is 9.37. The van der Waals surface area contributed by atoms with Crippen molar-refractivity contribution >= 4 is 0 Å². The minimum absolute atomic E-state index is 0. The lowest BCUT2D eigenvalue weighted by Crippen LogP contribution is -2.04. The maximum absolute atomic E-state index is 4.68. The lowest BCUT2D eigenvalue weighted by molar-refractivity contribution is 0.804. The number of nitrogens with zero attached hydrogens (tertiary/aromatic N) is 2. The average molecular weight is 257 g/mol. The van der Waals surface area contributed by atoms with E-state index in [-0.39, 0.29) is 12.1 Å². The molecule has 102 valence electrons. The minimum Gasteiger partial charge on any atom is -0.344 e. The monoisotopic (exact) mass is 257 g/mol. The van der Waals surface area contributed by atoms with Crippen molar-refractivity contribution in [2.45, 2.75) is 39.5 Å². The van der Waals surface area contributed by atoms with Crippen molar-refractivity contribution in [1.29, 1.82) is 0 Å². The first-order valence-electron chi connectivity index (χ1n) is 6.66. The Morgan fingerprint density at radius 1 is 0.842 bits per heavy atom. The van der Waals surface area contributed by atoms with Gasteiger partial charge in [0.15, 0.2) is 0 Å². The summed E-state index contributed by atoms with van der Waals surface area (Å²) in [5, 5.41) is 0. The molecule has 0 saturated heterocycles. The van der Waals surface area contributed by atoms with E-state index < -0.39 is 0 Å². The average Bonchev–Trinajstić information content (AvgIpc) is 2.46. The number of hydrogen-bond acceptors (Lipinski definition) is 3. The van der Waals surface area contributed by atoms with E-state index in [1.54, 1.807) is 0 Å². The predicted molar refractivity (Wildman–Crippen MR) is 79.8 cm³/mol. The first kappa shape index (κ1) is 15.3. The lowest BCUT2D eigenvalue weighted by atomic mass is 10.0. The summed E-state index contributed by atoms with van der Waals surface area (Å²) in [5.41, 5.74) is 4.50. The molecule has 3 nitrogen and oxygen atoms in total. The van der Waals surface area contributed by atoms with Crippen LogP contribution in [0.15, 0.2) is 36.4 Å². The van der Waals surface area contributed by atoms with E-state index in [1.165, 1.54) is 0 Å². The van der Waals surface area contributed by atoms with E-state index in [0.717, 1.165) is 35.6 Å². The van der Waals surface area contributed by atoms with E-state index in [1.807, 2.05) is 0 Å². The van der Waals surface area contributed by atoms with Gasteiger partial charge in [-0.05, 0) is 37.1 Å². The second-order valence-electron chi connectivity index (χ2n) is 4.54. The van der Waals surface area contributed by atoms with Crippen molar-refractivity contribution in [3.05, 3.63) is 59.2 Å². The Kier molecular flexibility index (Phi) is 5.64. The number of rotatable bonds is 4. The Balaban J connectivity index is 0.00000180. The van der Waals surface area contributed by atoms with Crippen LogP contribution in [0.5, 0.6) is 0 Å². The van der Waals surface area contributed by atoms with Gasteiger partial charge >= 0.3 is 0 Å². The van der Waals surface area contributed by atoms with Crippen LogP contribution in [-0.2, 0) is 12.8 Å². The molecule has 2 heterocycles. The normalized spacial score (nSPS) is 10.3. The summed E-state index contributed by atoms with van der Waals surface area (Å²) >= 11 is 0. The van der Waals surface area contributed by atoms with Gasteiger partial charge in [0.25, 0.3) is 0 Å². The second kappa shape index (κ2) is 7.00. The fourth-order valence-electron chi connectivity index (χ4n) is 2.02. The molecule has 0 fully saturated rings. The van der Waals surface area contributed by atoms with Gasteiger partial charge in [0, 0.05) is 28.7 Å². The van der Waals surface area contributed by atoms with Crippen LogP contribution in [0.25, 0.3) is 0 Å². The number of pyridine rings is 2. The third-order valence-corrected chi connectivity index (χ3v) is 3.27. The zero-order valence-corrected chi connectivity index (χ0v) is 12.1. The van der Waals surface area contributed by atoms with Crippen LogP contribution < -0.4 is 6.15 Å². The van der Waals surface area contributed by atoms with E-state index in [4.69, 9.17) is 0 Å². The van der Waals surface area contributed by atoms with Gasteiger partial charge in [0.2, 0.25) is 0 Å². The highest BCUT2D eigenvalue weighted by atomic mass is 14.8. The van der Waals surface area contributed by atoms with Gasteiger partial charge in [-0.2, -0.15) is 0 Å². The maximum atomic E-state index is 4.68. The maximum Gasteiger partial charge on any atom is 0.0494 e. The van der Waals surface area contributed by atoms with Gasteiger partial charge in [0.05, 0.1) is 0 Å². The molecule has 0 bridgehead atoms. The molecule has 0 aliphatic rings. The summed E-state index contributed by atoms with van der Waals surface area (Å²) in [6.45, 7) is 6.43. The number of hydrogen-bond donors (Lipinski definition) is 1. The SMILES string of the molecule is CCc1cccc(C(C)c2cccc(CC)n2)n1.N. The van der Waals surface area contributed by atoms with Crippen molar-refractivity contribution < 1.29 is 0 Å². The fourth-order valence-corrected chi connectivity index (χ4v) is 2.02. The minimum atomic E-state index is 0. The summed E-state index contributed by atoms with van der Waals surface area (Å²) in [6.07, 6.45) is 1.95. The van der Waals surface area contributed by atoms with E-state index in [9.17, 15) is 0 Å². The molecule has 0 aliphatic carbocycles. The summed E-state index contributed by atoms with van der Waals surface area (Å²) in [5.74, 6) is 0.253. The molecule has 0 atom stereocenters. The standard InChI is InChI=1S/C16H20N2.H3N/c1-4-13-8-6-10-15(17-13)12(3)16-11-7-9-14(5-2)18-16;/h6-12H,4-5H2,1-3H3;1H3. The molecule has 0 aromatic carbocycles. The van der Waals surface area contributed by atoms with Crippen LogP contribution in [0.3, 0.4) is 0 Å². The first-order chi connectivity index (χ1) is 8.74. The van der Waals surface area contributed by atoms with Crippen LogP contribution in [0, 0.1) is 0 Å².